The summed E-state index contributed by atoms with van der Waals surface area (Å²) in [7, 11) is 4.98. The monoisotopic (exact) mass is 812 g/mol. The molecule has 1 aliphatic heterocycles. The number of nitrogens with one attached hydrogen (secondary N) is 2. The zero-order valence-electron chi connectivity index (χ0n) is 32.6. The van der Waals surface area contributed by atoms with Gasteiger partial charge in [0.2, 0.25) is 5.91 Å². The maximum absolute atomic E-state index is 15.7. The number of aromatic nitrogens is 2. The third-order valence-electron chi connectivity index (χ3n) is 11.5. The number of carboxylic acid groups (broad SMARTS) is 1. The molecule has 58 heavy (non-hydrogen) atoms. The van der Waals surface area contributed by atoms with E-state index in [0.29, 0.717) is 82.3 Å². The summed E-state index contributed by atoms with van der Waals surface area (Å²) in [6, 6.07) is 17.9. The summed E-state index contributed by atoms with van der Waals surface area (Å²) < 4.78 is 28.8. The minimum absolute atomic E-state index is 0.0102. The van der Waals surface area contributed by atoms with Gasteiger partial charge in [-0.3, -0.25) is 29.3 Å². The number of carbonyl (C=O) groups excluding carboxylic acids is 1. The van der Waals surface area contributed by atoms with Crippen LogP contribution in [0.3, 0.4) is 0 Å². The number of rotatable bonds is 15. The number of halogens is 2. The summed E-state index contributed by atoms with van der Waals surface area (Å²) in [6.07, 6.45) is 5.62. The lowest BCUT2D eigenvalue weighted by Gasteiger charge is -2.33. The first-order valence-corrected chi connectivity index (χ1v) is 19.7. The van der Waals surface area contributed by atoms with Gasteiger partial charge >= 0.3 is 5.97 Å². The molecule has 0 radical (unpaired) electrons. The minimum atomic E-state index is -0.761. The van der Waals surface area contributed by atoms with Crippen molar-refractivity contribution < 1.29 is 33.5 Å². The first-order chi connectivity index (χ1) is 27.9. The van der Waals surface area contributed by atoms with Gasteiger partial charge in [-0.05, 0) is 74.5 Å². The van der Waals surface area contributed by atoms with Gasteiger partial charge in [-0.15, -0.1) is 0 Å². The van der Waals surface area contributed by atoms with Crippen molar-refractivity contribution in [2.45, 2.75) is 70.2 Å². The molecule has 304 valence electrons. The summed E-state index contributed by atoms with van der Waals surface area (Å²) in [5, 5.41) is 33.8. The highest BCUT2D eigenvalue weighted by Crippen LogP contribution is 2.41. The van der Waals surface area contributed by atoms with Gasteiger partial charge < -0.3 is 25.2 Å². The molecule has 1 atom stereocenters. The summed E-state index contributed by atoms with van der Waals surface area (Å²) in [6.45, 7) is 1.24. The Morgan fingerprint density at radius 3 is 2.45 bits per heavy atom. The van der Waals surface area contributed by atoms with E-state index in [2.05, 4.69) is 20.6 Å². The quantitative estimate of drug-likeness (QED) is 0.0710. The normalized spacial score (nSPS) is 18.1. The number of fused-ring (bicyclic) bond motifs is 1. The number of carboxylic acids is 1. The number of nitro benzene ring substituents is 1. The van der Waals surface area contributed by atoms with E-state index in [4.69, 9.17) is 21.1 Å². The Morgan fingerprint density at radius 1 is 1.03 bits per heavy atom. The first kappa shape index (κ1) is 40.6. The molecule has 13 nitrogen and oxygen atoms in total. The molecule has 3 N–H and O–H groups in total. The molecule has 0 bridgehead atoms. The average molecular weight is 813 g/mol. The zero-order valence-corrected chi connectivity index (χ0v) is 33.4. The molecule has 4 aromatic carbocycles. The highest BCUT2D eigenvalue weighted by molar-refractivity contribution is 6.36. The van der Waals surface area contributed by atoms with Gasteiger partial charge in [-0.2, -0.15) is 5.10 Å². The van der Waals surface area contributed by atoms with Crippen LogP contribution in [0.1, 0.15) is 55.2 Å². The van der Waals surface area contributed by atoms with Gasteiger partial charge in [0.15, 0.2) is 0 Å². The van der Waals surface area contributed by atoms with Crippen molar-refractivity contribution in [1.82, 2.24) is 25.3 Å². The Balaban J connectivity index is 1.13. The molecule has 5 aromatic rings. The van der Waals surface area contributed by atoms with Crippen LogP contribution in [0.25, 0.3) is 33.2 Å². The van der Waals surface area contributed by atoms with Crippen LogP contribution in [0.5, 0.6) is 11.5 Å². The topological polar surface area (TPSA) is 161 Å². The molecule has 1 aliphatic carbocycles. The van der Waals surface area contributed by atoms with Gasteiger partial charge in [-0.25, -0.2) is 4.39 Å². The maximum atomic E-state index is 15.7. The number of amides is 1. The number of ether oxygens (including phenoxy) is 2. The van der Waals surface area contributed by atoms with Crippen molar-refractivity contribution in [3.63, 3.8) is 0 Å². The number of aliphatic carboxylic acids is 1. The van der Waals surface area contributed by atoms with Crippen LogP contribution in [-0.2, 0) is 29.2 Å². The van der Waals surface area contributed by atoms with Gasteiger partial charge in [0.1, 0.15) is 17.3 Å². The Hall–Kier alpha value is -5.57. The fourth-order valence-corrected chi connectivity index (χ4v) is 8.67. The second-order valence-electron chi connectivity index (χ2n) is 15.1. The molecule has 2 fully saturated rings. The van der Waals surface area contributed by atoms with E-state index < -0.39 is 16.7 Å². The van der Waals surface area contributed by atoms with Crippen LogP contribution < -0.4 is 20.1 Å². The molecule has 0 unspecified atom stereocenters. The molecule has 1 aromatic heterocycles. The number of hydrogen-bond donors (Lipinski definition) is 3. The van der Waals surface area contributed by atoms with Crippen molar-refractivity contribution in [2.75, 3.05) is 27.8 Å². The molecule has 1 saturated carbocycles. The third kappa shape index (κ3) is 8.50. The fourth-order valence-electron chi connectivity index (χ4n) is 8.34. The lowest BCUT2D eigenvalue weighted by atomic mass is 9.85. The van der Waals surface area contributed by atoms with Crippen LogP contribution in [0.15, 0.2) is 66.9 Å². The van der Waals surface area contributed by atoms with Crippen LogP contribution in [0.4, 0.5) is 10.1 Å². The van der Waals surface area contributed by atoms with Crippen molar-refractivity contribution in [3.8, 4) is 33.8 Å². The Morgan fingerprint density at radius 2 is 1.76 bits per heavy atom. The van der Waals surface area contributed by atoms with Crippen LogP contribution in [0, 0.1) is 21.8 Å². The van der Waals surface area contributed by atoms with E-state index in [-0.39, 0.29) is 42.7 Å². The summed E-state index contributed by atoms with van der Waals surface area (Å²) in [5.74, 6) is -0.633. The van der Waals surface area contributed by atoms with Crippen LogP contribution >= 0.6 is 11.6 Å². The molecule has 15 heteroatoms. The van der Waals surface area contributed by atoms with E-state index in [9.17, 15) is 24.8 Å². The second-order valence-corrected chi connectivity index (χ2v) is 15.5. The minimum Gasteiger partial charge on any atom is -0.496 e. The first-order valence-electron chi connectivity index (χ1n) is 19.3. The number of carbonyl (C=O) groups is 2. The summed E-state index contributed by atoms with van der Waals surface area (Å²) in [5.41, 5.74) is 4.77. The van der Waals surface area contributed by atoms with E-state index in [0.717, 1.165) is 35.7 Å². The zero-order chi connectivity index (χ0) is 41.1. The van der Waals surface area contributed by atoms with Gasteiger partial charge in [-0.1, -0.05) is 41.9 Å². The van der Waals surface area contributed by atoms with Crippen LogP contribution in [-0.4, -0.2) is 76.5 Å². The molecule has 1 saturated heterocycles. The average Bonchev–Trinajstić information content (AvgIpc) is 3.83. The molecular formula is C43H46ClFN6O7. The van der Waals surface area contributed by atoms with Gasteiger partial charge in [0.05, 0.1) is 53.9 Å². The van der Waals surface area contributed by atoms with Crippen molar-refractivity contribution in [2.24, 2.45) is 5.92 Å². The predicted octanol–water partition coefficient (Wildman–Crippen LogP) is 7.58. The maximum Gasteiger partial charge on any atom is 0.306 e. The summed E-state index contributed by atoms with van der Waals surface area (Å²) in [4.78, 5) is 37.2. The summed E-state index contributed by atoms with van der Waals surface area (Å²) >= 11 is 7.13. The van der Waals surface area contributed by atoms with E-state index in [1.165, 1.54) is 20.3 Å². The third-order valence-corrected chi connectivity index (χ3v) is 11.9. The lowest BCUT2D eigenvalue weighted by Crippen LogP contribution is -2.36. The Kier molecular flexibility index (Phi) is 12.3. The van der Waals surface area contributed by atoms with E-state index >= 15 is 4.39 Å². The smallest absolute Gasteiger partial charge is 0.306 e. The predicted molar refractivity (Wildman–Crippen MR) is 219 cm³/mol. The molecule has 0 spiro atoms. The molecule has 2 aliphatic rings. The number of hydrogen-bond acceptors (Lipinski definition) is 9. The molecule has 2 heterocycles. The number of benzene rings is 4. The number of nitrogens with zero attached hydrogens (tertiary/aromatic N) is 4. The van der Waals surface area contributed by atoms with Crippen molar-refractivity contribution >= 4 is 40.1 Å². The highest BCUT2D eigenvalue weighted by atomic mass is 35.5. The molecule has 7 rings (SSSR count). The van der Waals surface area contributed by atoms with Crippen LogP contribution in [0.2, 0.25) is 5.02 Å². The SMILES string of the molecule is COc1cc(Cn2ncc3c(-c4cccc(-c5cc(F)c(CNC[C@@H]6CCC(=O)N6)c(OC)c5)c4Cl)cccc32)c([N+](=O)[O-])cc1CN(C)C1CCC(C(=O)O)CC1. The lowest BCUT2D eigenvalue weighted by molar-refractivity contribution is -0.385. The molecule has 1 amide bonds. The van der Waals surface area contributed by atoms with Crippen molar-refractivity contribution in [3.05, 3.63) is 105 Å². The fraction of sp³-hybridized carbons (Fsp3) is 0.372. The van der Waals surface area contributed by atoms with Gasteiger partial charge in [0.25, 0.3) is 5.69 Å². The standard InChI is InChI=1S/C43H46ClFN6O7/c1-49(30-13-10-25(11-14-30)43(53)54)23-28-17-38(51(55)56)27(19-39(28)57-2)24-50-37-9-5-7-32(34(37)22-47-50)33-8-4-6-31(42(33)44)26-16-36(45)35(40(18-26)58-3)21-46-20-29-12-15-41(52)48-29/h4-9,16-19,22,25,29-30,46H,10-15,20-21,23-24H2,1-3H3,(H,48,52)(H,53,54)/t25?,29-,30?/m0/s1. The largest absolute Gasteiger partial charge is 0.496 e. The van der Waals surface area contributed by atoms with E-state index in [1.54, 1.807) is 29.1 Å². The van der Waals surface area contributed by atoms with Gasteiger partial charge in [0, 0.05) is 71.8 Å². The second kappa shape index (κ2) is 17.5. The van der Waals surface area contributed by atoms with Crippen molar-refractivity contribution in [1.29, 1.82) is 0 Å². The van der Waals surface area contributed by atoms with E-state index in [1.807, 2.05) is 43.4 Å². The highest BCUT2D eigenvalue weighted by Gasteiger charge is 2.29. The Labute approximate surface area is 340 Å². The number of nitro groups is 1. The Bertz CT molecular complexity index is 2360. The molecular weight excluding hydrogens is 767 g/mol. The number of methoxy groups -OCH3 is 2.